The van der Waals surface area contributed by atoms with E-state index in [1.165, 1.54) is 0 Å². The molecule has 1 saturated carbocycles. The Balaban J connectivity index is 1.28. The van der Waals surface area contributed by atoms with E-state index in [0.29, 0.717) is 23.7 Å². The van der Waals surface area contributed by atoms with Crippen molar-refractivity contribution in [1.29, 1.82) is 0 Å². The van der Waals surface area contributed by atoms with Gasteiger partial charge in [0.25, 0.3) is 5.91 Å². The molecule has 7 nitrogen and oxygen atoms in total. The number of hydrogen-bond donors (Lipinski definition) is 3. The number of aromatic hydroxyl groups is 1. The van der Waals surface area contributed by atoms with Crippen LogP contribution in [0.4, 0.5) is 0 Å². The molecule has 2 aliphatic rings. The maximum Gasteiger partial charge on any atom is 0.269 e. The van der Waals surface area contributed by atoms with Crippen molar-refractivity contribution in [2.75, 3.05) is 13.1 Å². The molecule has 1 aliphatic heterocycles. The summed E-state index contributed by atoms with van der Waals surface area (Å²) in [5.74, 6) is 0.855. The number of nitrogens with zero attached hydrogens (tertiary/aromatic N) is 2. The van der Waals surface area contributed by atoms with Crippen LogP contribution in [0.25, 0.3) is 11.3 Å². The van der Waals surface area contributed by atoms with Gasteiger partial charge in [-0.05, 0) is 67.3 Å². The van der Waals surface area contributed by atoms with Crippen molar-refractivity contribution in [2.24, 2.45) is 11.3 Å². The molecule has 0 radical (unpaired) electrons. The predicted octanol–water partition coefficient (Wildman–Crippen LogP) is 3.33. The molecule has 30 heavy (non-hydrogen) atoms. The first-order valence-corrected chi connectivity index (χ1v) is 10.8. The number of carbonyl (C=O) groups is 2. The van der Waals surface area contributed by atoms with Crippen LogP contribution in [0.15, 0.2) is 30.3 Å². The summed E-state index contributed by atoms with van der Waals surface area (Å²) in [6.07, 6.45) is 4.45. The van der Waals surface area contributed by atoms with Gasteiger partial charge in [-0.2, -0.15) is 5.10 Å². The van der Waals surface area contributed by atoms with E-state index < -0.39 is 0 Å². The van der Waals surface area contributed by atoms with Gasteiger partial charge in [0.15, 0.2) is 0 Å². The molecule has 3 N–H and O–H groups in total. The minimum Gasteiger partial charge on any atom is -0.508 e. The van der Waals surface area contributed by atoms with Crippen LogP contribution in [0.2, 0.25) is 0 Å². The zero-order valence-corrected chi connectivity index (χ0v) is 17.6. The van der Waals surface area contributed by atoms with E-state index in [2.05, 4.69) is 29.4 Å². The number of carbonyl (C=O) groups excluding carboxylic acids is 2. The first-order valence-electron chi connectivity index (χ1n) is 10.8. The molecular formula is C23H30N4O3. The lowest BCUT2D eigenvalue weighted by Crippen LogP contribution is -2.41. The molecule has 7 heteroatoms. The molecule has 0 bridgehead atoms. The molecule has 2 heterocycles. The molecule has 2 aromatic rings. The quantitative estimate of drug-likeness (QED) is 0.680. The van der Waals surface area contributed by atoms with Gasteiger partial charge < -0.3 is 15.3 Å². The molecule has 1 saturated heterocycles. The Morgan fingerprint density at radius 1 is 1.27 bits per heavy atom. The number of likely N-dealkylation sites (tertiary alicyclic amines) is 1. The summed E-state index contributed by atoms with van der Waals surface area (Å²) in [4.78, 5) is 27.0. The third-order valence-electron chi connectivity index (χ3n) is 6.53. The van der Waals surface area contributed by atoms with Crippen molar-refractivity contribution >= 4 is 11.8 Å². The molecular weight excluding hydrogens is 380 g/mol. The molecule has 1 aliphatic carbocycles. The van der Waals surface area contributed by atoms with Crippen LogP contribution in [-0.4, -0.2) is 51.1 Å². The van der Waals surface area contributed by atoms with Crippen LogP contribution >= 0.6 is 0 Å². The SMILES string of the molecule is CC(C)CCC(=O)N1CCC2(CC1)CC2NC(=O)c1cc(-c2ccc(O)cc2)n[nH]1. The first kappa shape index (κ1) is 20.4. The number of amides is 2. The number of H-pyrrole nitrogens is 1. The van der Waals surface area contributed by atoms with Crippen molar-refractivity contribution in [1.82, 2.24) is 20.4 Å². The number of phenols is 1. The monoisotopic (exact) mass is 410 g/mol. The predicted molar refractivity (Wildman–Crippen MR) is 114 cm³/mol. The maximum atomic E-state index is 12.7. The molecule has 1 aromatic carbocycles. The number of benzene rings is 1. The fraction of sp³-hybridized carbons (Fsp3) is 0.522. The lowest BCUT2D eigenvalue weighted by molar-refractivity contribution is -0.133. The van der Waals surface area contributed by atoms with Crippen molar-refractivity contribution in [2.45, 2.75) is 52.0 Å². The van der Waals surface area contributed by atoms with Crippen LogP contribution in [0.1, 0.15) is 56.4 Å². The van der Waals surface area contributed by atoms with Crippen LogP contribution < -0.4 is 5.32 Å². The van der Waals surface area contributed by atoms with Gasteiger partial charge in [-0.15, -0.1) is 0 Å². The van der Waals surface area contributed by atoms with Crippen LogP contribution in [-0.2, 0) is 4.79 Å². The third-order valence-corrected chi connectivity index (χ3v) is 6.53. The second-order valence-corrected chi connectivity index (χ2v) is 9.12. The number of nitrogens with one attached hydrogen (secondary N) is 2. The van der Waals surface area contributed by atoms with Gasteiger partial charge >= 0.3 is 0 Å². The minimum atomic E-state index is -0.148. The molecule has 160 valence electrons. The highest BCUT2D eigenvalue weighted by Crippen LogP contribution is 2.54. The third kappa shape index (κ3) is 4.35. The highest BCUT2D eigenvalue weighted by atomic mass is 16.3. The Morgan fingerprint density at radius 2 is 1.97 bits per heavy atom. The molecule has 1 atom stereocenters. The van der Waals surface area contributed by atoms with E-state index in [1.807, 2.05) is 4.90 Å². The van der Waals surface area contributed by atoms with Gasteiger partial charge in [-0.25, -0.2) is 0 Å². The number of rotatable bonds is 6. The maximum absolute atomic E-state index is 12.7. The Labute approximate surface area is 176 Å². The van der Waals surface area contributed by atoms with Crippen LogP contribution in [0.3, 0.4) is 0 Å². The number of aromatic nitrogens is 2. The molecule has 2 fully saturated rings. The molecule has 4 rings (SSSR count). The van der Waals surface area contributed by atoms with Gasteiger partial charge in [0, 0.05) is 31.1 Å². The van der Waals surface area contributed by atoms with Gasteiger partial charge in [0.05, 0.1) is 5.69 Å². The van der Waals surface area contributed by atoms with Crippen molar-refractivity contribution in [3.63, 3.8) is 0 Å². The molecule has 1 unspecified atom stereocenters. The van der Waals surface area contributed by atoms with Crippen molar-refractivity contribution in [3.8, 4) is 17.0 Å². The normalized spacial score (nSPS) is 19.8. The summed E-state index contributed by atoms with van der Waals surface area (Å²) in [5.41, 5.74) is 2.07. The lowest BCUT2D eigenvalue weighted by atomic mass is 9.92. The molecule has 1 aromatic heterocycles. The average Bonchev–Trinajstić information content (AvgIpc) is 3.15. The van der Waals surface area contributed by atoms with E-state index in [1.54, 1.807) is 30.3 Å². The van der Waals surface area contributed by atoms with Gasteiger partial charge in [0.1, 0.15) is 11.4 Å². The topological polar surface area (TPSA) is 98.3 Å². The van der Waals surface area contributed by atoms with E-state index in [9.17, 15) is 14.7 Å². The highest BCUT2D eigenvalue weighted by molar-refractivity contribution is 5.93. The van der Waals surface area contributed by atoms with E-state index in [0.717, 1.165) is 44.3 Å². The Bertz CT molecular complexity index is 911. The first-order chi connectivity index (χ1) is 14.4. The fourth-order valence-electron chi connectivity index (χ4n) is 4.33. The summed E-state index contributed by atoms with van der Waals surface area (Å²) in [6.45, 7) is 5.86. The Kier molecular flexibility index (Phi) is 5.54. The lowest BCUT2D eigenvalue weighted by Gasteiger charge is -2.33. The number of aromatic amines is 1. The summed E-state index contributed by atoms with van der Waals surface area (Å²) >= 11 is 0. The average molecular weight is 411 g/mol. The van der Waals surface area contributed by atoms with Gasteiger partial charge in [-0.1, -0.05) is 13.8 Å². The largest absolute Gasteiger partial charge is 0.508 e. The Morgan fingerprint density at radius 3 is 2.63 bits per heavy atom. The zero-order chi connectivity index (χ0) is 21.3. The summed E-state index contributed by atoms with van der Waals surface area (Å²) in [6, 6.07) is 8.61. The van der Waals surface area contributed by atoms with Crippen molar-refractivity contribution in [3.05, 3.63) is 36.0 Å². The molecule has 1 spiro atoms. The van der Waals surface area contributed by atoms with Gasteiger partial charge in [0.2, 0.25) is 5.91 Å². The second-order valence-electron chi connectivity index (χ2n) is 9.12. The van der Waals surface area contributed by atoms with Crippen LogP contribution in [0.5, 0.6) is 5.75 Å². The Hall–Kier alpha value is -2.83. The van der Waals surface area contributed by atoms with E-state index in [4.69, 9.17) is 0 Å². The minimum absolute atomic E-state index is 0.143. The fourth-order valence-corrected chi connectivity index (χ4v) is 4.33. The molecule has 2 amide bonds. The van der Waals surface area contributed by atoms with E-state index >= 15 is 0 Å². The smallest absolute Gasteiger partial charge is 0.269 e. The van der Waals surface area contributed by atoms with Gasteiger partial charge in [-0.3, -0.25) is 14.7 Å². The number of piperidine rings is 1. The second kappa shape index (κ2) is 8.13. The summed E-state index contributed by atoms with van der Waals surface area (Å²) in [5, 5.41) is 19.6. The standard InChI is InChI=1S/C23H30N4O3/c1-15(2)3-8-21(29)27-11-9-23(10-12-27)14-20(23)24-22(30)19-13-18(25-26-19)16-4-6-17(28)7-5-16/h4-7,13,15,20,28H,3,8-12,14H2,1-2H3,(H,24,30)(H,25,26). The number of hydrogen-bond acceptors (Lipinski definition) is 4. The van der Waals surface area contributed by atoms with E-state index in [-0.39, 0.29) is 29.0 Å². The highest BCUT2D eigenvalue weighted by Gasteiger charge is 2.56. The number of phenolic OH excluding ortho intramolecular Hbond substituents is 1. The summed E-state index contributed by atoms with van der Waals surface area (Å²) in [7, 11) is 0. The van der Waals surface area contributed by atoms with Crippen LogP contribution in [0, 0.1) is 11.3 Å². The summed E-state index contributed by atoms with van der Waals surface area (Å²) < 4.78 is 0. The van der Waals surface area contributed by atoms with Crippen molar-refractivity contribution < 1.29 is 14.7 Å². The zero-order valence-electron chi connectivity index (χ0n) is 17.6.